The van der Waals surface area contributed by atoms with Gasteiger partial charge in [-0.3, -0.25) is 24.9 Å². The van der Waals surface area contributed by atoms with Crippen LogP contribution in [0.25, 0.3) is 4.91 Å². The van der Waals surface area contributed by atoms with Gasteiger partial charge in [-0.25, -0.2) is 0 Å². The van der Waals surface area contributed by atoms with E-state index < -0.39 is 5.91 Å². The lowest BCUT2D eigenvalue weighted by Gasteiger charge is -2.45. The molecule has 3 aliphatic rings. The fourth-order valence-corrected chi connectivity index (χ4v) is 5.44. The summed E-state index contributed by atoms with van der Waals surface area (Å²) in [5.41, 5.74) is 3.40. The van der Waals surface area contributed by atoms with Gasteiger partial charge < -0.3 is 16.0 Å². The second kappa shape index (κ2) is 8.33. The van der Waals surface area contributed by atoms with E-state index >= 15 is 0 Å². The first-order valence-electron chi connectivity index (χ1n) is 10.8. The number of amides is 2. The fourth-order valence-electron chi connectivity index (χ4n) is 4.36. The number of carbonyl (C=O) groups excluding carboxylic acids is 2. The summed E-state index contributed by atoms with van der Waals surface area (Å²) in [6.45, 7) is 8.28. The molecule has 1 saturated heterocycles. The highest BCUT2D eigenvalue weighted by atomic mass is 32.2. The molecule has 5 heterocycles. The maximum Gasteiger partial charge on any atom is 0.260 e. The number of rotatable bonds is 4. The molecule has 4 N–H and O–H groups in total. The number of hydrogen-bond acceptors (Lipinski definition) is 9. The zero-order chi connectivity index (χ0) is 24.0. The standard InChI is InChI=1S/C23H24N8O2S/c1-12-14(4-5-27-30-12)16-8-26-22(34-16)18-19(24)20-15(29-21(18)33)6-13(7-25-20)28-17(32)9-31-10-23(2,3)11-31/h4-8,24,26H,9-11H2,1-3H3,(H,28,32)(H,29,33)/b22-18-,24-19?. The van der Waals surface area contributed by atoms with Gasteiger partial charge in [0.1, 0.15) is 5.69 Å². The van der Waals surface area contributed by atoms with E-state index in [0.717, 1.165) is 29.3 Å². The molecule has 1 fully saturated rings. The van der Waals surface area contributed by atoms with Crippen LogP contribution in [-0.2, 0) is 9.59 Å². The molecule has 174 valence electrons. The van der Waals surface area contributed by atoms with E-state index in [1.807, 2.05) is 13.0 Å². The summed E-state index contributed by atoms with van der Waals surface area (Å²) in [5.74, 6) is -0.539. The van der Waals surface area contributed by atoms with Gasteiger partial charge in [-0.05, 0) is 24.5 Å². The van der Waals surface area contributed by atoms with Crippen molar-refractivity contribution < 1.29 is 9.59 Å². The zero-order valence-corrected chi connectivity index (χ0v) is 19.8. The Morgan fingerprint density at radius 1 is 1.35 bits per heavy atom. The Labute approximate surface area is 200 Å². The average Bonchev–Trinajstić information content (AvgIpc) is 3.22. The van der Waals surface area contributed by atoms with E-state index in [0.29, 0.717) is 28.6 Å². The van der Waals surface area contributed by atoms with Crippen LogP contribution in [0.15, 0.2) is 41.3 Å². The van der Waals surface area contributed by atoms with E-state index in [9.17, 15) is 9.59 Å². The van der Waals surface area contributed by atoms with Crippen molar-refractivity contribution in [3.8, 4) is 0 Å². The minimum Gasteiger partial charge on any atom is -0.354 e. The van der Waals surface area contributed by atoms with Crippen LogP contribution in [-0.4, -0.2) is 57.2 Å². The van der Waals surface area contributed by atoms with Crippen LogP contribution in [0.3, 0.4) is 0 Å². The number of carbonyl (C=O) groups is 2. The SMILES string of the molecule is Cc1nnccc1C1=CN/C(=C2\C(=N)c3ncc(NC(=O)CN4CC(C)(C)C4)cc3NC2=O)S1. The van der Waals surface area contributed by atoms with Crippen LogP contribution >= 0.6 is 11.8 Å². The highest BCUT2D eigenvalue weighted by Gasteiger charge is 2.35. The van der Waals surface area contributed by atoms with E-state index in [1.54, 1.807) is 18.5 Å². The topological polar surface area (TPSA) is 136 Å². The normalized spacial score (nSPS) is 21.2. The molecule has 3 aliphatic heterocycles. The molecule has 10 nitrogen and oxygen atoms in total. The number of fused-ring (bicyclic) bond motifs is 1. The number of nitrogens with zero attached hydrogens (tertiary/aromatic N) is 4. The second-order valence-electron chi connectivity index (χ2n) is 9.30. The largest absolute Gasteiger partial charge is 0.354 e. The molecule has 0 atom stereocenters. The van der Waals surface area contributed by atoms with Gasteiger partial charge in [-0.15, -0.1) is 0 Å². The lowest BCUT2D eigenvalue weighted by Crippen LogP contribution is -2.54. The Bertz CT molecular complexity index is 1290. The van der Waals surface area contributed by atoms with Crippen LogP contribution in [0.5, 0.6) is 0 Å². The number of thioether (sulfide) groups is 1. The summed E-state index contributed by atoms with van der Waals surface area (Å²) in [6.07, 6.45) is 4.92. The molecule has 0 aromatic carbocycles. The maximum absolute atomic E-state index is 12.9. The van der Waals surface area contributed by atoms with Gasteiger partial charge in [-0.1, -0.05) is 25.6 Å². The Hall–Kier alpha value is -3.57. The van der Waals surface area contributed by atoms with Gasteiger partial charge in [-0.2, -0.15) is 10.2 Å². The average molecular weight is 477 g/mol. The number of hydrogen-bond donors (Lipinski definition) is 4. The van der Waals surface area contributed by atoms with Crippen molar-refractivity contribution in [3.63, 3.8) is 0 Å². The maximum atomic E-state index is 12.9. The first-order chi connectivity index (χ1) is 16.2. The van der Waals surface area contributed by atoms with Gasteiger partial charge in [0.2, 0.25) is 5.91 Å². The summed E-state index contributed by atoms with van der Waals surface area (Å²) in [4.78, 5) is 32.6. The Balaban J connectivity index is 1.31. The number of likely N-dealkylation sites (tertiary alicyclic amines) is 1. The quantitative estimate of drug-likeness (QED) is 0.494. The van der Waals surface area contributed by atoms with Crippen molar-refractivity contribution in [2.24, 2.45) is 5.41 Å². The predicted octanol–water partition coefficient (Wildman–Crippen LogP) is 2.33. The molecule has 2 aromatic rings. The van der Waals surface area contributed by atoms with Crippen LogP contribution in [0.2, 0.25) is 0 Å². The van der Waals surface area contributed by atoms with Crippen molar-refractivity contribution >= 4 is 45.6 Å². The van der Waals surface area contributed by atoms with E-state index in [1.165, 1.54) is 18.0 Å². The zero-order valence-electron chi connectivity index (χ0n) is 19.0. The fraction of sp³-hybridized carbons (Fsp3) is 0.304. The molecule has 0 unspecified atom stereocenters. The van der Waals surface area contributed by atoms with E-state index in [2.05, 4.69) is 49.9 Å². The van der Waals surface area contributed by atoms with Crippen molar-refractivity contribution in [2.75, 3.05) is 30.3 Å². The molecule has 5 rings (SSSR count). The molecule has 2 amide bonds. The molecule has 0 spiro atoms. The smallest absolute Gasteiger partial charge is 0.260 e. The summed E-state index contributed by atoms with van der Waals surface area (Å²) in [6, 6.07) is 3.50. The molecular weight excluding hydrogens is 452 g/mol. The summed E-state index contributed by atoms with van der Waals surface area (Å²) < 4.78 is 0. The lowest BCUT2D eigenvalue weighted by atomic mass is 9.84. The van der Waals surface area contributed by atoms with Crippen LogP contribution < -0.4 is 16.0 Å². The van der Waals surface area contributed by atoms with Crippen molar-refractivity contribution in [1.29, 1.82) is 5.41 Å². The molecule has 0 saturated carbocycles. The Kier molecular flexibility index (Phi) is 5.45. The van der Waals surface area contributed by atoms with Gasteiger partial charge >= 0.3 is 0 Å². The second-order valence-corrected chi connectivity index (χ2v) is 10.3. The first kappa shape index (κ1) is 22.2. The van der Waals surface area contributed by atoms with Gasteiger partial charge in [0.05, 0.1) is 52.3 Å². The number of pyridine rings is 1. The third-order valence-corrected chi connectivity index (χ3v) is 6.83. The lowest BCUT2D eigenvalue weighted by molar-refractivity contribution is -0.120. The Morgan fingerprint density at radius 2 is 2.15 bits per heavy atom. The third kappa shape index (κ3) is 4.19. The van der Waals surface area contributed by atoms with Crippen molar-refractivity contribution in [3.05, 3.63) is 58.3 Å². The van der Waals surface area contributed by atoms with Gasteiger partial charge in [0.15, 0.2) is 0 Å². The number of aromatic nitrogens is 3. The monoisotopic (exact) mass is 476 g/mol. The number of aryl methyl sites for hydroxylation is 1. The third-order valence-electron chi connectivity index (χ3n) is 5.75. The highest BCUT2D eigenvalue weighted by molar-refractivity contribution is 8.12. The van der Waals surface area contributed by atoms with Gasteiger partial charge in [0, 0.05) is 29.8 Å². The number of nitrogens with one attached hydrogen (secondary N) is 4. The highest BCUT2D eigenvalue weighted by Crippen LogP contribution is 2.40. The molecule has 0 aliphatic carbocycles. The van der Waals surface area contributed by atoms with Crippen molar-refractivity contribution in [1.82, 2.24) is 25.4 Å². The van der Waals surface area contributed by atoms with Crippen LogP contribution in [0.4, 0.5) is 11.4 Å². The minimum absolute atomic E-state index is 0.0219. The first-order valence-corrected chi connectivity index (χ1v) is 11.6. The Morgan fingerprint density at radius 3 is 2.88 bits per heavy atom. The predicted molar refractivity (Wildman–Crippen MR) is 131 cm³/mol. The van der Waals surface area contributed by atoms with Crippen LogP contribution in [0.1, 0.15) is 30.8 Å². The van der Waals surface area contributed by atoms with E-state index in [4.69, 9.17) is 5.41 Å². The summed E-state index contributed by atoms with van der Waals surface area (Å²) in [5, 5.41) is 25.9. The van der Waals surface area contributed by atoms with Gasteiger partial charge in [0.25, 0.3) is 5.91 Å². The molecule has 0 radical (unpaired) electrons. The molecule has 34 heavy (non-hydrogen) atoms. The molecule has 0 bridgehead atoms. The van der Waals surface area contributed by atoms with E-state index in [-0.39, 0.29) is 22.6 Å². The molecule has 11 heteroatoms. The number of anilines is 2. The summed E-state index contributed by atoms with van der Waals surface area (Å²) >= 11 is 1.36. The molecule has 2 aromatic heterocycles. The summed E-state index contributed by atoms with van der Waals surface area (Å²) in [7, 11) is 0. The minimum atomic E-state index is -0.403. The van der Waals surface area contributed by atoms with Crippen LogP contribution in [0, 0.1) is 17.7 Å². The molecular formula is C23H24N8O2S. The van der Waals surface area contributed by atoms with Crippen molar-refractivity contribution in [2.45, 2.75) is 20.8 Å².